The average molecular weight is 276 g/mol. The van der Waals surface area contributed by atoms with Crippen LogP contribution in [-0.4, -0.2) is 55.1 Å². The van der Waals surface area contributed by atoms with Crippen LogP contribution in [0.1, 0.15) is 30.8 Å². The fraction of sp³-hybridized carbons (Fsp3) is 0.600. The van der Waals surface area contributed by atoms with E-state index in [2.05, 4.69) is 27.0 Å². The quantitative estimate of drug-likeness (QED) is 0.882. The van der Waals surface area contributed by atoms with Crippen molar-refractivity contribution in [3.8, 4) is 0 Å². The molecule has 0 saturated carbocycles. The predicted molar refractivity (Wildman–Crippen MR) is 81.2 cm³/mol. The number of piperazine rings is 1. The summed E-state index contributed by atoms with van der Waals surface area (Å²) < 4.78 is 0. The third-order valence-corrected chi connectivity index (χ3v) is 3.70. The lowest BCUT2D eigenvalue weighted by atomic mass is 10.2. The van der Waals surface area contributed by atoms with Gasteiger partial charge in [-0.05, 0) is 25.1 Å². The Bertz CT molecular complexity index is 441. The number of nitrogens with zero attached hydrogens (tertiary/aromatic N) is 3. The zero-order valence-electron chi connectivity index (χ0n) is 12.4. The van der Waals surface area contributed by atoms with Gasteiger partial charge in [-0.1, -0.05) is 13.8 Å². The van der Waals surface area contributed by atoms with Gasteiger partial charge in [0.25, 0.3) is 5.91 Å². The fourth-order valence-electron chi connectivity index (χ4n) is 2.39. The molecule has 0 unspecified atom stereocenters. The van der Waals surface area contributed by atoms with Crippen LogP contribution in [0.5, 0.6) is 0 Å². The van der Waals surface area contributed by atoms with Crippen LogP contribution in [0.15, 0.2) is 18.3 Å². The summed E-state index contributed by atoms with van der Waals surface area (Å²) in [7, 11) is 0. The third kappa shape index (κ3) is 3.70. The Morgan fingerprint density at radius 3 is 2.70 bits per heavy atom. The number of carbonyl (C=O) groups is 1. The van der Waals surface area contributed by atoms with Gasteiger partial charge in [0.2, 0.25) is 0 Å². The van der Waals surface area contributed by atoms with Crippen molar-refractivity contribution in [3.63, 3.8) is 0 Å². The van der Waals surface area contributed by atoms with Crippen molar-refractivity contribution in [1.29, 1.82) is 0 Å². The van der Waals surface area contributed by atoms with Crippen molar-refractivity contribution in [1.82, 2.24) is 15.2 Å². The molecule has 1 aromatic rings. The van der Waals surface area contributed by atoms with Gasteiger partial charge in [-0.2, -0.15) is 0 Å². The van der Waals surface area contributed by atoms with E-state index in [9.17, 15) is 4.79 Å². The number of anilines is 1. The van der Waals surface area contributed by atoms with Crippen LogP contribution in [0.2, 0.25) is 0 Å². The van der Waals surface area contributed by atoms with Gasteiger partial charge in [-0.25, -0.2) is 0 Å². The highest BCUT2D eigenvalue weighted by Gasteiger charge is 2.17. The van der Waals surface area contributed by atoms with E-state index in [4.69, 9.17) is 0 Å². The first-order valence-electron chi connectivity index (χ1n) is 7.46. The molecular weight excluding hydrogens is 252 g/mol. The maximum Gasteiger partial charge on any atom is 0.269 e. The summed E-state index contributed by atoms with van der Waals surface area (Å²) in [6, 6.07) is 3.88. The van der Waals surface area contributed by atoms with Crippen molar-refractivity contribution < 1.29 is 4.79 Å². The number of nitrogens with one attached hydrogen (secondary N) is 1. The first-order valence-corrected chi connectivity index (χ1v) is 7.46. The normalized spacial score (nSPS) is 16.2. The highest BCUT2D eigenvalue weighted by Crippen LogP contribution is 2.16. The number of hydrogen-bond donors (Lipinski definition) is 1. The molecule has 1 fully saturated rings. The van der Waals surface area contributed by atoms with Gasteiger partial charge in [0.05, 0.1) is 0 Å². The Kier molecular flexibility index (Phi) is 5.35. The minimum atomic E-state index is -0.0825. The van der Waals surface area contributed by atoms with E-state index in [1.807, 2.05) is 19.1 Å². The largest absolute Gasteiger partial charge is 0.369 e. The molecule has 1 N–H and O–H groups in total. The molecule has 5 nitrogen and oxygen atoms in total. The highest BCUT2D eigenvalue weighted by molar-refractivity contribution is 5.93. The molecule has 110 valence electrons. The zero-order valence-corrected chi connectivity index (χ0v) is 12.4. The molecule has 0 atom stereocenters. The zero-order chi connectivity index (χ0) is 14.4. The summed E-state index contributed by atoms with van der Waals surface area (Å²) in [5.41, 5.74) is 1.60. The molecule has 2 heterocycles. The van der Waals surface area contributed by atoms with Crippen LogP contribution in [-0.2, 0) is 0 Å². The van der Waals surface area contributed by atoms with Gasteiger partial charge < -0.3 is 15.1 Å². The monoisotopic (exact) mass is 276 g/mol. The van der Waals surface area contributed by atoms with Crippen LogP contribution >= 0.6 is 0 Å². The number of amides is 1. The molecule has 1 aliphatic rings. The van der Waals surface area contributed by atoms with Crippen molar-refractivity contribution in [2.24, 2.45) is 0 Å². The van der Waals surface area contributed by atoms with Gasteiger partial charge in [-0.3, -0.25) is 9.78 Å². The number of rotatable bonds is 5. The van der Waals surface area contributed by atoms with Gasteiger partial charge >= 0.3 is 0 Å². The summed E-state index contributed by atoms with van der Waals surface area (Å²) in [6.45, 7) is 10.2. The first kappa shape index (κ1) is 14.8. The molecule has 0 bridgehead atoms. The first-order chi connectivity index (χ1) is 9.74. The SMILES string of the molecule is CCCNC(=O)c1cc(N2CCN(CC)CC2)ccn1. The summed E-state index contributed by atoms with van der Waals surface area (Å²) in [4.78, 5) is 20.9. The Morgan fingerprint density at radius 1 is 1.30 bits per heavy atom. The molecule has 1 amide bonds. The number of pyridine rings is 1. The molecule has 0 aliphatic carbocycles. The van der Waals surface area contributed by atoms with E-state index >= 15 is 0 Å². The van der Waals surface area contributed by atoms with Crippen LogP contribution in [0.4, 0.5) is 5.69 Å². The van der Waals surface area contributed by atoms with Crippen molar-refractivity contribution >= 4 is 11.6 Å². The van der Waals surface area contributed by atoms with E-state index in [1.54, 1.807) is 6.20 Å². The van der Waals surface area contributed by atoms with Crippen LogP contribution in [0.25, 0.3) is 0 Å². The maximum atomic E-state index is 11.9. The Hall–Kier alpha value is -1.62. The topological polar surface area (TPSA) is 48.5 Å². The summed E-state index contributed by atoms with van der Waals surface area (Å²) >= 11 is 0. The second-order valence-corrected chi connectivity index (χ2v) is 5.08. The molecule has 20 heavy (non-hydrogen) atoms. The molecular formula is C15H24N4O. The standard InChI is InChI=1S/C15H24N4O/c1-3-6-17-15(20)14-12-13(5-7-16-14)19-10-8-18(4-2)9-11-19/h5,7,12H,3-4,6,8-11H2,1-2H3,(H,17,20). The molecule has 0 aromatic carbocycles. The minimum Gasteiger partial charge on any atom is -0.369 e. The lowest BCUT2D eigenvalue weighted by Crippen LogP contribution is -2.46. The van der Waals surface area contributed by atoms with Gasteiger partial charge in [0, 0.05) is 44.6 Å². The molecule has 5 heteroatoms. The molecule has 1 aromatic heterocycles. The van der Waals surface area contributed by atoms with Crippen LogP contribution < -0.4 is 10.2 Å². The molecule has 0 spiro atoms. The predicted octanol–water partition coefficient (Wildman–Crippen LogP) is 1.36. The Balaban J connectivity index is 2.01. The Labute approximate surface area is 121 Å². The van der Waals surface area contributed by atoms with Gasteiger partial charge in [0.15, 0.2) is 0 Å². The average Bonchev–Trinajstić information content (AvgIpc) is 2.52. The third-order valence-electron chi connectivity index (χ3n) is 3.70. The van der Waals surface area contributed by atoms with Crippen LogP contribution in [0.3, 0.4) is 0 Å². The summed E-state index contributed by atoms with van der Waals surface area (Å²) in [6.07, 6.45) is 2.66. The number of carbonyl (C=O) groups excluding carboxylic acids is 1. The molecule has 1 saturated heterocycles. The highest BCUT2D eigenvalue weighted by atomic mass is 16.1. The number of hydrogen-bond acceptors (Lipinski definition) is 4. The molecule has 2 rings (SSSR count). The summed E-state index contributed by atoms with van der Waals surface area (Å²) in [5.74, 6) is -0.0825. The lowest BCUT2D eigenvalue weighted by molar-refractivity contribution is 0.0948. The van der Waals surface area contributed by atoms with E-state index in [0.29, 0.717) is 12.2 Å². The molecule has 0 radical (unpaired) electrons. The van der Waals surface area contributed by atoms with E-state index < -0.39 is 0 Å². The Morgan fingerprint density at radius 2 is 2.05 bits per heavy atom. The van der Waals surface area contributed by atoms with Gasteiger partial charge in [-0.15, -0.1) is 0 Å². The van der Waals surface area contributed by atoms with E-state index in [-0.39, 0.29) is 5.91 Å². The van der Waals surface area contributed by atoms with Crippen molar-refractivity contribution in [3.05, 3.63) is 24.0 Å². The smallest absolute Gasteiger partial charge is 0.269 e. The molecule has 1 aliphatic heterocycles. The van der Waals surface area contributed by atoms with Gasteiger partial charge in [0.1, 0.15) is 5.69 Å². The van der Waals surface area contributed by atoms with Crippen molar-refractivity contribution in [2.75, 3.05) is 44.2 Å². The van der Waals surface area contributed by atoms with Crippen molar-refractivity contribution in [2.45, 2.75) is 20.3 Å². The van der Waals surface area contributed by atoms with E-state index in [0.717, 1.165) is 44.8 Å². The number of aromatic nitrogens is 1. The minimum absolute atomic E-state index is 0.0825. The lowest BCUT2D eigenvalue weighted by Gasteiger charge is -2.35. The fourth-order valence-corrected chi connectivity index (χ4v) is 2.39. The second-order valence-electron chi connectivity index (χ2n) is 5.08. The van der Waals surface area contributed by atoms with Crippen LogP contribution in [0, 0.1) is 0 Å². The maximum absolute atomic E-state index is 11.9. The van der Waals surface area contributed by atoms with E-state index in [1.165, 1.54) is 0 Å². The number of likely N-dealkylation sites (N-methyl/N-ethyl adjacent to an activating group) is 1. The second kappa shape index (κ2) is 7.24. The summed E-state index contributed by atoms with van der Waals surface area (Å²) in [5, 5.41) is 2.87.